The maximum Gasteiger partial charge on any atom is 0.234 e. The highest BCUT2D eigenvalue weighted by molar-refractivity contribution is 14.1. The Morgan fingerprint density at radius 2 is 1.92 bits per heavy atom. The van der Waals surface area contributed by atoms with E-state index < -0.39 is 0 Å². The third kappa shape index (κ3) is 5.54. The van der Waals surface area contributed by atoms with Gasteiger partial charge in [0.25, 0.3) is 0 Å². The molecule has 4 aliphatic rings. The van der Waals surface area contributed by atoms with Crippen molar-refractivity contribution in [2.24, 2.45) is 17.8 Å². The number of phenolic OH excluding ortho intramolecular Hbond substituents is 1. The molecule has 2 amide bonds. The molecule has 0 radical (unpaired) electrons. The van der Waals surface area contributed by atoms with E-state index in [4.69, 9.17) is 9.47 Å². The molecule has 1 aromatic rings. The summed E-state index contributed by atoms with van der Waals surface area (Å²) < 4.78 is 12.6. The smallest absolute Gasteiger partial charge is 0.234 e. The number of hydrogen-bond acceptors (Lipinski definition) is 5. The van der Waals surface area contributed by atoms with Gasteiger partial charge >= 0.3 is 0 Å². The molecule has 1 aromatic carbocycles. The van der Waals surface area contributed by atoms with Crippen molar-refractivity contribution in [3.63, 3.8) is 0 Å². The van der Waals surface area contributed by atoms with Gasteiger partial charge in [-0.2, -0.15) is 0 Å². The number of phenols is 1. The van der Waals surface area contributed by atoms with Crippen LogP contribution in [0.3, 0.4) is 0 Å². The minimum Gasteiger partial charge on any atom is -0.504 e. The Morgan fingerprint density at radius 1 is 1.15 bits per heavy atom. The van der Waals surface area contributed by atoms with Crippen LogP contribution in [0, 0.1) is 21.3 Å². The lowest BCUT2D eigenvalue weighted by atomic mass is 9.68. The lowest BCUT2D eigenvalue weighted by molar-refractivity contribution is -0.143. The van der Waals surface area contributed by atoms with Crippen LogP contribution in [-0.4, -0.2) is 47.7 Å². The van der Waals surface area contributed by atoms with E-state index in [0.717, 1.165) is 73.3 Å². The monoisotopic (exact) mass is 647 g/mol. The van der Waals surface area contributed by atoms with Gasteiger partial charge in [0, 0.05) is 12.0 Å². The summed E-state index contributed by atoms with van der Waals surface area (Å²) in [6.07, 6.45) is 13.0. The first-order valence-electron chi connectivity index (χ1n) is 14.8. The summed E-state index contributed by atoms with van der Waals surface area (Å²) in [5, 5.41) is 10.2. The van der Waals surface area contributed by atoms with Crippen LogP contribution in [0.2, 0.25) is 0 Å². The highest BCUT2D eigenvalue weighted by atomic mass is 127. The molecule has 2 aliphatic carbocycles. The zero-order valence-electron chi connectivity index (χ0n) is 23.5. The molecule has 7 heteroatoms. The topological polar surface area (TPSA) is 76.1 Å². The van der Waals surface area contributed by atoms with E-state index >= 15 is 0 Å². The molecular formula is C32H42INO5. The van der Waals surface area contributed by atoms with Crippen LogP contribution in [-0.2, 0) is 14.3 Å². The number of carbonyl (C=O) groups excluding carboxylic acids is 2. The Balaban J connectivity index is 1.35. The number of hydrogen-bond donors (Lipinski definition) is 1. The number of benzene rings is 1. The number of amides is 2. The van der Waals surface area contributed by atoms with Crippen LogP contribution in [0.15, 0.2) is 28.9 Å². The van der Waals surface area contributed by atoms with Crippen molar-refractivity contribution in [2.45, 2.75) is 96.6 Å². The number of imide groups is 1. The molecule has 0 unspecified atom stereocenters. The van der Waals surface area contributed by atoms with Crippen molar-refractivity contribution in [2.75, 3.05) is 13.7 Å². The van der Waals surface area contributed by atoms with Gasteiger partial charge < -0.3 is 14.6 Å². The van der Waals surface area contributed by atoms with Gasteiger partial charge in [-0.25, -0.2) is 0 Å². The third-order valence-electron chi connectivity index (χ3n) is 9.36. The zero-order chi connectivity index (χ0) is 27.7. The first-order valence-corrected chi connectivity index (χ1v) is 15.9. The van der Waals surface area contributed by atoms with Gasteiger partial charge in [0.15, 0.2) is 11.5 Å². The van der Waals surface area contributed by atoms with Crippen LogP contribution in [0.1, 0.15) is 90.0 Å². The third-order valence-corrected chi connectivity index (χ3v) is 10.2. The molecule has 0 aromatic heterocycles. The number of fused-ring (bicyclic) bond motifs is 3. The minimum absolute atomic E-state index is 0.00794. The highest BCUT2D eigenvalue weighted by Crippen LogP contribution is 2.51. The van der Waals surface area contributed by atoms with E-state index in [2.05, 4.69) is 42.5 Å². The van der Waals surface area contributed by atoms with Crippen molar-refractivity contribution in [3.05, 3.63) is 38.0 Å². The van der Waals surface area contributed by atoms with E-state index in [0.29, 0.717) is 12.4 Å². The zero-order valence-corrected chi connectivity index (χ0v) is 25.7. The van der Waals surface area contributed by atoms with E-state index in [-0.39, 0.29) is 47.5 Å². The minimum atomic E-state index is -0.243. The van der Waals surface area contributed by atoms with Crippen molar-refractivity contribution in [3.8, 4) is 11.5 Å². The second-order valence-corrected chi connectivity index (χ2v) is 12.8. The Morgan fingerprint density at radius 3 is 2.62 bits per heavy atom. The predicted molar refractivity (Wildman–Crippen MR) is 160 cm³/mol. The number of rotatable bonds is 9. The quantitative estimate of drug-likeness (QED) is 0.177. The summed E-state index contributed by atoms with van der Waals surface area (Å²) in [6, 6.07) is 3.94. The van der Waals surface area contributed by atoms with Crippen LogP contribution in [0.4, 0.5) is 0 Å². The first-order chi connectivity index (χ1) is 18.9. The van der Waals surface area contributed by atoms with Crippen molar-refractivity contribution in [1.82, 2.24) is 4.90 Å². The molecule has 212 valence electrons. The Labute approximate surface area is 246 Å². The van der Waals surface area contributed by atoms with Crippen LogP contribution < -0.4 is 4.74 Å². The molecule has 0 bridgehead atoms. The van der Waals surface area contributed by atoms with Crippen molar-refractivity contribution in [1.29, 1.82) is 0 Å². The standard InChI is InChI=1S/C32H42INO5/c1-4-9-21-17-23-29(32(37)34(31(23)36)22-10-7-6-8-11-22)24-18-39-26(28(21)24)13-12-19(5-2)14-20-15-25(33)30(35)27(16-20)38-3/h14-16,22-24,26,29,35H,4-13,17-18H2,1-3H3/b19-14+/t23-,24+,26-,29-/m1/s1. The Hall–Kier alpha value is -1.87. The second-order valence-electron chi connectivity index (χ2n) is 11.7. The van der Waals surface area contributed by atoms with Gasteiger partial charge in [-0.15, -0.1) is 0 Å². The van der Waals surface area contributed by atoms with Crippen molar-refractivity contribution >= 4 is 40.5 Å². The number of ether oxygens (including phenoxy) is 2. The number of allylic oxidation sites excluding steroid dienone is 2. The average Bonchev–Trinajstić information content (AvgIpc) is 3.47. The summed E-state index contributed by atoms with van der Waals surface area (Å²) in [7, 11) is 1.57. The Kier molecular flexibility index (Phi) is 9.06. The van der Waals surface area contributed by atoms with Gasteiger partial charge in [-0.1, -0.05) is 56.8 Å². The lowest BCUT2D eigenvalue weighted by Gasteiger charge is -2.32. The van der Waals surface area contributed by atoms with Gasteiger partial charge in [0.1, 0.15) is 0 Å². The van der Waals surface area contributed by atoms with Crippen LogP contribution >= 0.6 is 22.6 Å². The maximum atomic E-state index is 13.8. The van der Waals surface area contributed by atoms with Gasteiger partial charge in [0.05, 0.1) is 35.2 Å². The van der Waals surface area contributed by atoms with Crippen LogP contribution in [0.25, 0.3) is 6.08 Å². The van der Waals surface area contributed by atoms with E-state index in [1.165, 1.54) is 23.1 Å². The number of carbonyl (C=O) groups is 2. The molecule has 2 heterocycles. The summed E-state index contributed by atoms with van der Waals surface area (Å²) >= 11 is 2.13. The second kappa shape index (κ2) is 12.3. The molecule has 1 N–H and O–H groups in total. The van der Waals surface area contributed by atoms with Gasteiger partial charge in [0.2, 0.25) is 11.8 Å². The summed E-state index contributed by atoms with van der Waals surface area (Å²) in [5.74, 6) is 0.411. The van der Waals surface area contributed by atoms with Crippen LogP contribution in [0.5, 0.6) is 11.5 Å². The first kappa shape index (κ1) is 28.7. The molecule has 4 atom stereocenters. The maximum absolute atomic E-state index is 13.8. The molecular weight excluding hydrogens is 605 g/mol. The van der Waals surface area contributed by atoms with E-state index in [9.17, 15) is 14.7 Å². The number of likely N-dealkylation sites (tertiary alicyclic amines) is 1. The molecule has 2 aliphatic heterocycles. The fourth-order valence-corrected chi connectivity index (χ4v) is 8.10. The van der Waals surface area contributed by atoms with E-state index in [1.807, 2.05) is 12.1 Å². The number of methoxy groups -OCH3 is 1. The van der Waals surface area contributed by atoms with E-state index in [1.54, 1.807) is 12.0 Å². The fraction of sp³-hybridized carbons (Fsp3) is 0.625. The largest absolute Gasteiger partial charge is 0.504 e. The molecule has 0 spiro atoms. The SMILES string of the molecule is CCCC1=C2[C@@H](CC/C(=C/c3cc(I)c(O)c(OC)c3)CC)OC[C@@H]2[C@@H]2C(=O)N(C3CCCCC3)C(=O)[C@@H]2C1. The summed E-state index contributed by atoms with van der Waals surface area (Å²) in [4.78, 5) is 29.1. The molecule has 1 saturated carbocycles. The molecule has 39 heavy (non-hydrogen) atoms. The van der Waals surface area contributed by atoms with Crippen molar-refractivity contribution < 1.29 is 24.2 Å². The summed E-state index contributed by atoms with van der Waals surface area (Å²) in [6.45, 7) is 4.91. The fourth-order valence-electron chi connectivity index (χ4n) is 7.47. The molecule has 2 saturated heterocycles. The molecule has 3 fully saturated rings. The Bertz CT molecular complexity index is 1170. The number of nitrogens with zero attached hydrogens (tertiary/aromatic N) is 1. The highest BCUT2D eigenvalue weighted by Gasteiger charge is 2.57. The predicted octanol–water partition coefficient (Wildman–Crippen LogP) is 7.03. The number of halogens is 1. The summed E-state index contributed by atoms with van der Waals surface area (Å²) in [5.41, 5.74) is 5.03. The average molecular weight is 648 g/mol. The number of aromatic hydroxyl groups is 1. The molecule has 6 nitrogen and oxygen atoms in total. The molecule has 5 rings (SSSR count). The van der Waals surface area contributed by atoms with Gasteiger partial charge in [-0.3, -0.25) is 14.5 Å². The lowest BCUT2D eigenvalue weighted by Crippen LogP contribution is -2.42. The normalized spacial score (nSPS) is 27.8. The van der Waals surface area contributed by atoms with Gasteiger partial charge in [-0.05, 0) is 90.8 Å².